The van der Waals surface area contributed by atoms with Crippen molar-refractivity contribution >= 4 is 81.4 Å². The number of carbonyl (C=O) groups excluding carboxylic acids is 1. The zero-order valence-corrected chi connectivity index (χ0v) is 10.6. The second-order valence-corrected chi connectivity index (χ2v) is 6.41. The molecule has 0 bridgehead atoms. The van der Waals surface area contributed by atoms with E-state index in [0.29, 0.717) is 0 Å². The molecule has 0 rings (SSSR count). The van der Waals surface area contributed by atoms with Crippen LogP contribution in [0, 0.1) is 0 Å². The number of carbonyl (C=O) groups is 1. The van der Waals surface area contributed by atoms with Gasteiger partial charge in [0, 0.05) is 0 Å². The lowest BCUT2D eigenvalue weighted by Crippen LogP contribution is -2.33. The number of halogens is 6. The molecule has 4 nitrogen and oxygen atoms in total. The van der Waals surface area contributed by atoms with Gasteiger partial charge in [0.05, 0.1) is 0 Å². The molecule has 2 N–H and O–H groups in total. The Labute approximate surface area is 109 Å². The molecule has 0 aliphatic carbocycles. The number of primary amides is 1. The van der Waals surface area contributed by atoms with Crippen molar-refractivity contribution in [2.75, 3.05) is 0 Å². The zero-order chi connectivity index (χ0) is 11.6. The molecule has 0 aromatic carbocycles. The SMILES string of the molecule is NC(=O)ON=C(C(Cl)(Cl)Cl)C(Cl)(Cl)Cl. The quantitative estimate of drug-likeness (QED) is 0.349. The van der Waals surface area contributed by atoms with Crippen LogP contribution in [0.25, 0.3) is 0 Å². The summed E-state index contributed by atoms with van der Waals surface area (Å²) >= 11 is 32.3. The summed E-state index contributed by atoms with van der Waals surface area (Å²) in [6.07, 6.45) is -1.23. The average Bonchev–Trinajstić information content (AvgIpc) is 1.78. The minimum atomic E-state index is -2.12. The molecular formula is C4H2Cl6N2O2. The molecule has 0 aromatic heterocycles. The molecule has 0 radical (unpaired) electrons. The van der Waals surface area contributed by atoms with Crippen LogP contribution in [0.2, 0.25) is 0 Å². The van der Waals surface area contributed by atoms with Gasteiger partial charge in [-0.05, 0) is 0 Å². The van der Waals surface area contributed by atoms with Gasteiger partial charge in [0.1, 0.15) is 0 Å². The lowest BCUT2D eigenvalue weighted by atomic mass is 10.5. The molecule has 1 amide bonds. The summed E-state index contributed by atoms with van der Waals surface area (Å²) in [5.41, 5.74) is 4.00. The van der Waals surface area contributed by atoms with E-state index in [1.165, 1.54) is 0 Å². The predicted octanol–water partition coefficient (Wildman–Crippen LogP) is 3.18. The molecule has 0 heterocycles. The number of hydrogen-bond donors (Lipinski definition) is 1. The number of nitrogens with two attached hydrogens (primary N) is 1. The summed E-state index contributed by atoms with van der Waals surface area (Å²) in [6.45, 7) is 0. The summed E-state index contributed by atoms with van der Waals surface area (Å²) in [5.74, 6) is 0. The van der Waals surface area contributed by atoms with E-state index in [9.17, 15) is 4.79 Å². The fraction of sp³-hybridized carbons (Fsp3) is 0.500. The maximum Gasteiger partial charge on any atom is 0.430 e. The Morgan fingerprint density at radius 3 is 1.64 bits per heavy atom. The van der Waals surface area contributed by atoms with E-state index in [0.717, 1.165) is 0 Å². The molecule has 0 fully saturated rings. The minimum absolute atomic E-state index is 0.598. The van der Waals surface area contributed by atoms with Gasteiger partial charge < -0.3 is 5.73 Å². The molecule has 0 spiro atoms. The van der Waals surface area contributed by atoms with Crippen LogP contribution >= 0.6 is 69.6 Å². The Hall–Kier alpha value is 0.680. The molecule has 0 saturated heterocycles. The molecule has 0 aliphatic rings. The van der Waals surface area contributed by atoms with Crippen LogP contribution in [-0.4, -0.2) is 19.4 Å². The molecule has 14 heavy (non-hydrogen) atoms. The maximum atomic E-state index is 10.2. The van der Waals surface area contributed by atoms with Crippen molar-refractivity contribution in [2.24, 2.45) is 10.9 Å². The first-order valence-electron chi connectivity index (χ1n) is 2.74. The Morgan fingerprint density at radius 2 is 1.43 bits per heavy atom. The van der Waals surface area contributed by atoms with Gasteiger partial charge in [-0.2, -0.15) is 0 Å². The third kappa shape index (κ3) is 5.53. The van der Waals surface area contributed by atoms with Crippen molar-refractivity contribution in [3.8, 4) is 0 Å². The van der Waals surface area contributed by atoms with Crippen LogP contribution in [0.15, 0.2) is 5.16 Å². The van der Waals surface area contributed by atoms with E-state index in [1.54, 1.807) is 0 Å². The number of hydrogen-bond acceptors (Lipinski definition) is 3. The smallest absolute Gasteiger partial charge is 0.333 e. The van der Waals surface area contributed by atoms with Crippen molar-refractivity contribution in [3.63, 3.8) is 0 Å². The zero-order valence-electron chi connectivity index (χ0n) is 6.11. The van der Waals surface area contributed by atoms with Gasteiger partial charge in [0.15, 0.2) is 5.71 Å². The average molecular weight is 323 g/mol. The number of alkyl halides is 6. The summed E-state index contributed by atoms with van der Waals surface area (Å²) in [6, 6.07) is 0. The Morgan fingerprint density at radius 1 is 1.07 bits per heavy atom. The van der Waals surface area contributed by atoms with Crippen LogP contribution in [0.4, 0.5) is 4.79 Å². The Bertz CT molecular complexity index is 238. The number of amides is 1. The topological polar surface area (TPSA) is 64.7 Å². The van der Waals surface area contributed by atoms with Crippen molar-refractivity contribution in [2.45, 2.75) is 7.59 Å². The standard InChI is InChI=1S/C4H2Cl6N2O2/c5-3(6,7)1(4(8,9)10)12-14-2(11)13/h(H2,11,13). The second-order valence-electron chi connectivity index (χ2n) is 1.85. The molecular weight excluding hydrogens is 321 g/mol. The third-order valence-corrected chi connectivity index (χ3v) is 1.84. The van der Waals surface area contributed by atoms with Crippen LogP contribution in [0.5, 0.6) is 0 Å². The van der Waals surface area contributed by atoms with Crippen LogP contribution in [0.3, 0.4) is 0 Å². The monoisotopic (exact) mass is 320 g/mol. The van der Waals surface area contributed by atoms with Gasteiger partial charge in [-0.1, -0.05) is 74.8 Å². The van der Waals surface area contributed by atoms with Crippen molar-refractivity contribution in [3.05, 3.63) is 0 Å². The largest absolute Gasteiger partial charge is 0.430 e. The highest BCUT2D eigenvalue weighted by Gasteiger charge is 2.43. The summed E-state index contributed by atoms with van der Waals surface area (Å²) in [7, 11) is 0. The molecule has 0 aromatic rings. The van der Waals surface area contributed by atoms with Crippen LogP contribution < -0.4 is 5.73 Å². The fourth-order valence-corrected chi connectivity index (χ4v) is 1.85. The van der Waals surface area contributed by atoms with E-state index in [2.05, 4.69) is 15.7 Å². The molecule has 0 unspecified atom stereocenters. The highest BCUT2D eigenvalue weighted by atomic mass is 35.6. The molecule has 10 heteroatoms. The number of nitrogens with zero attached hydrogens (tertiary/aromatic N) is 1. The summed E-state index contributed by atoms with van der Waals surface area (Å²) < 4.78 is -4.25. The van der Waals surface area contributed by atoms with Gasteiger partial charge in [0.2, 0.25) is 7.59 Å². The van der Waals surface area contributed by atoms with E-state index in [-0.39, 0.29) is 0 Å². The Kier molecular flexibility index (Phi) is 5.39. The van der Waals surface area contributed by atoms with Crippen LogP contribution in [0.1, 0.15) is 0 Å². The minimum Gasteiger partial charge on any atom is -0.333 e. The number of oxime groups is 1. The maximum absolute atomic E-state index is 10.2. The first kappa shape index (κ1) is 14.7. The summed E-state index contributed by atoms with van der Waals surface area (Å²) in [4.78, 5) is 14.2. The summed E-state index contributed by atoms with van der Waals surface area (Å²) in [5, 5.41) is 3.02. The van der Waals surface area contributed by atoms with Gasteiger partial charge in [-0.15, -0.1) is 0 Å². The third-order valence-electron chi connectivity index (χ3n) is 0.764. The predicted molar refractivity (Wildman–Crippen MR) is 58.7 cm³/mol. The first-order valence-corrected chi connectivity index (χ1v) is 5.00. The van der Waals surface area contributed by atoms with Gasteiger partial charge in [-0.25, -0.2) is 4.79 Å². The molecule has 82 valence electrons. The molecule has 0 saturated carbocycles. The lowest BCUT2D eigenvalue weighted by Gasteiger charge is -2.19. The van der Waals surface area contributed by atoms with Gasteiger partial charge in [0.25, 0.3) is 0 Å². The Balaban J connectivity index is 4.93. The lowest BCUT2D eigenvalue weighted by molar-refractivity contribution is 0.161. The van der Waals surface area contributed by atoms with Crippen molar-refractivity contribution in [1.29, 1.82) is 0 Å². The number of rotatable bonds is 1. The first-order chi connectivity index (χ1) is 6.05. The van der Waals surface area contributed by atoms with Crippen LogP contribution in [-0.2, 0) is 4.84 Å². The van der Waals surface area contributed by atoms with E-state index < -0.39 is 19.4 Å². The van der Waals surface area contributed by atoms with Gasteiger partial charge >= 0.3 is 6.09 Å². The van der Waals surface area contributed by atoms with E-state index in [4.69, 9.17) is 69.6 Å². The van der Waals surface area contributed by atoms with Gasteiger partial charge in [-0.3, -0.25) is 4.84 Å². The molecule has 0 atom stereocenters. The second kappa shape index (κ2) is 5.14. The van der Waals surface area contributed by atoms with Crippen molar-refractivity contribution in [1.82, 2.24) is 0 Å². The van der Waals surface area contributed by atoms with Crippen molar-refractivity contribution < 1.29 is 9.63 Å². The fourth-order valence-electron chi connectivity index (χ4n) is 0.355. The molecule has 0 aliphatic heterocycles. The highest BCUT2D eigenvalue weighted by Crippen LogP contribution is 2.40. The van der Waals surface area contributed by atoms with E-state index in [1.807, 2.05) is 0 Å². The highest BCUT2D eigenvalue weighted by molar-refractivity contribution is 6.87. The van der Waals surface area contributed by atoms with E-state index >= 15 is 0 Å². The normalized spacial score (nSPS) is 12.1.